The lowest BCUT2D eigenvalue weighted by molar-refractivity contribution is -0.135. The van der Waals surface area contributed by atoms with Crippen LogP contribution in [-0.2, 0) is 14.6 Å². The lowest BCUT2D eigenvalue weighted by atomic mass is 9.89. The SMILES string of the molecule is CCCNC1CCN(C(=O)C(C)(C)S(C)(=O)=O)CC1CC. The molecule has 1 aliphatic heterocycles. The van der Waals surface area contributed by atoms with E-state index in [0.717, 1.165) is 32.1 Å². The average Bonchev–Trinajstić information content (AvgIpc) is 2.42. The van der Waals surface area contributed by atoms with Crippen LogP contribution < -0.4 is 5.32 Å². The van der Waals surface area contributed by atoms with E-state index in [1.807, 2.05) is 0 Å². The van der Waals surface area contributed by atoms with Gasteiger partial charge in [0.25, 0.3) is 0 Å². The highest BCUT2D eigenvalue weighted by molar-refractivity contribution is 7.92. The van der Waals surface area contributed by atoms with Crippen molar-refractivity contribution >= 4 is 15.7 Å². The van der Waals surface area contributed by atoms with Gasteiger partial charge < -0.3 is 10.2 Å². The molecule has 0 aromatic carbocycles. The molecule has 1 aliphatic rings. The van der Waals surface area contributed by atoms with Crippen LogP contribution >= 0.6 is 0 Å². The molecule has 124 valence electrons. The van der Waals surface area contributed by atoms with E-state index in [4.69, 9.17) is 0 Å². The molecular weight excluding hydrogens is 288 g/mol. The fourth-order valence-electron chi connectivity index (χ4n) is 2.77. The van der Waals surface area contributed by atoms with Crippen LogP contribution in [0.5, 0.6) is 0 Å². The highest BCUT2D eigenvalue weighted by Crippen LogP contribution is 2.25. The Balaban J connectivity index is 2.78. The first kappa shape index (κ1) is 18.4. The van der Waals surface area contributed by atoms with Crippen LogP contribution in [0.4, 0.5) is 0 Å². The van der Waals surface area contributed by atoms with Gasteiger partial charge in [-0.3, -0.25) is 4.79 Å². The van der Waals surface area contributed by atoms with E-state index in [1.54, 1.807) is 4.90 Å². The van der Waals surface area contributed by atoms with E-state index in [2.05, 4.69) is 19.2 Å². The van der Waals surface area contributed by atoms with Crippen molar-refractivity contribution in [2.24, 2.45) is 5.92 Å². The summed E-state index contributed by atoms with van der Waals surface area (Å²) < 4.78 is 22.3. The standard InChI is InChI=1S/C15H30N2O3S/c1-6-9-16-13-8-10-17(11-12(13)7-2)14(18)15(3,4)21(5,19)20/h12-13,16H,6-11H2,1-5H3. The summed E-state index contributed by atoms with van der Waals surface area (Å²) in [6.07, 6.45) is 4.11. The van der Waals surface area contributed by atoms with Gasteiger partial charge in [-0.1, -0.05) is 20.3 Å². The molecule has 2 unspecified atom stereocenters. The Labute approximate surface area is 129 Å². The zero-order valence-corrected chi connectivity index (χ0v) is 14.8. The van der Waals surface area contributed by atoms with Gasteiger partial charge in [-0.05, 0) is 39.2 Å². The van der Waals surface area contributed by atoms with E-state index in [9.17, 15) is 13.2 Å². The van der Waals surface area contributed by atoms with Gasteiger partial charge in [0.05, 0.1) is 0 Å². The Morgan fingerprint density at radius 1 is 1.33 bits per heavy atom. The number of hydrogen-bond donors (Lipinski definition) is 1. The van der Waals surface area contributed by atoms with Gasteiger partial charge >= 0.3 is 0 Å². The predicted octanol–water partition coefficient (Wildman–Crippen LogP) is 1.44. The Morgan fingerprint density at radius 3 is 2.43 bits per heavy atom. The molecule has 1 fully saturated rings. The number of piperidine rings is 1. The molecule has 0 aromatic rings. The minimum atomic E-state index is -3.41. The molecule has 0 saturated carbocycles. The minimum Gasteiger partial charge on any atom is -0.341 e. The summed E-state index contributed by atoms with van der Waals surface area (Å²) in [4.78, 5) is 14.3. The van der Waals surface area contributed by atoms with E-state index < -0.39 is 14.6 Å². The van der Waals surface area contributed by atoms with Crippen LogP contribution in [-0.4, -0.2) is 55.9 Å². The summed E-state index contributed by atoms with van der Waals surface area (Å²) in [5.41, 5.74) is 0. The Hall–Kier alpha value is -0.620. The fourth-order valence-corrected chi connectivity index (χ4v) is 3.21. The largest absolute Gasteiger partial charge is 0.341 e. The van der Waals surface area contributed by atoms with Crippen molar-refractivity contribution in [3.8, 4) is 0 Å². The molecule has 0 bridgehead atoms. The topological polar surface area (TPSA) is 66.5 Å². The van der Waals surface area contributed by atoms with Crippen molar-refractivity contribution in [2.45, 2.75) is 57.7 Å². The predicted molar refractivity (Wildman–Crippen MR) is 86.0 cm³/mol. The number of nitrogens with zero attached hydrogens (tertiary/aromatic N) is 1. The molecular formula is C15H30N2O3S. The summed E-state index contributed by atoms with van der Waals surface area (Å²) >= 11 is 0. The number of nitrogens with one attached hydrogen (secondary N) is 1. The summed E-state index contributed by atoms with van der Waals surface area (Å²) in [5, 5.41) is 3.54. The highest BCUT2D eigenvalue weighted by atomic mass is 32.2. The van der Waals surface area contributed by atoms with Crippen molar-refractivity contribution in [3.63, 3.8) is 0 Å². The number of hydrogen-bond acceptors (Lipinski definition) is 4. The molecule has 5 nitrogen and oxygen atoms in total. The molecule has 1 amide bonds. The number of sulfone groups is 1. The van der Waals surface area contributed by atoms with Crippen molar-refractivity contribution in [3.05, 3.63) is 0 Å². The lowest BCUT2D eigenvalue weighted by Crippen LogP contribution is -2.56. The zero-order chi connectivity index (χ0) is 16.3. The molecule has 0 aliphatic carbocycles. The van der Waals surface area contributed by atoms with E-state index in [0.29, 0.717) is 25.0 Å². The van der Waals surface area contributed by atoms with Crippen molar-refractivity contribution < 1.29 is 13.2 Å². The Bertz CT molecular complexity index is 460. The molecule has 21 heavy (non-hydrogen) atoms. The molecule has 6 heteroatoms. The molecule has 1 saturated heterocycles. The van der Waals surface area contributed by atoms with Gasteiger partial charge in [-0.2, -0.15) is 0 Å². The van der Waals surface area contributed by atoms with Crippen molar-refractivity contribution in [1.82, 2.24) is 10.2 Å². The Morgan fingerprint density at radius 2 is 1.95 bits per heavy atom. The third-order valence-corrected chi connectivity index (χ3v) is 6.67. The smallest absolute Gasteiger partial charge is 0.243 e. The minimum absolute atomic E-state index is 0.266. The molecule has 0 aromatic heterocycles. The molecule has 1 heterocycles. The van der Waals surface area contributed by atoms with Crippen LogP contribution in [0.25, 0.3) is 0 Å². The van der Waals surface area contributed by atoms with Crippen LogP contribution in [0.15, 0.2) is 0 Å². The third kappa shape index (κ3) is 4.19. The maximum atomic E-state index is 12.6. The van der Waals surface area contributed by atoms with E-state index in [1.165, 1.54) is 13.8 Å². The number of rotatable bonds is 6. The number of amides is 1. The van der Waals surface area contributed by atoms with Gasteiger partial charge in [0.15, 0.2) is 9.84 Å². The first-order chi connectivity index (χ1) is 9.65. The Kier molecular flexibility index (Phi) is 6.23. The van der Waals surface area contributed by atoms with Crippen LogP contribution in [0.3, 0.4) is 0 Å². The third-order valence-electron chi connectivity index (χ3n) is 4.64. The lowest BCUT2D eigenvalue weighted by Gasteiger charge is -2.41. The van der Waals surface area contributed by atoms with Crippen molar-refractivity contribution in [2.75, 3.05) is 25.9 Å². The maximum absolute atomic E-state index is 12.6. The van der Waals surface area contributed by atoms with Gasteiger partial charge in [0.2, 0.25) is 5.91 Å². The number of likely N-dealkylation sites (tertiary alicyclic amines) is 1. The summed E-state index contributed by atoms with van der Waals surface area (Å²) in [7, 11) is -3.41. The monoisotopic (exact) mass is 318 g/mol. The number of carbonyl (C=O) groups excluding carboxylic acids is 1. The molecule has 0 spiro atoms. The van der Waals surface area contributed by atoms with Crippen molar-refractivity contribution in [1.29, 1.82) is 0 Å². The summed E-state index contributed by atoms with van der Waals surface area (Å²) in [6, 6.07) is 0.431. The van der Waals surface area contributed by atoms with Gasteiger partial charge in [-0.15, -0.1) is 0 Å². The normalized spacial score (nSPS) is 24.1. The molecule has 1 N–H and O–H groups in total. The second-order valence-corrected chi connectivity index (χ2v) is 9.12. The average molecular weight is 318 g/mol. The van der Waals surface area contributed by atoms with Gasteiger partial charge in [-0.25, -0.2) is 8.42 Å². The first-order valence-electron chi connectivity index (χ1n) is 7.87. The first-order valence-corrected chi connectivity index (χ1v) is 9.76. The molecule has 2 atom stereocenters. The summed E-state index contributed by atoms with van der Waals surface area (Å²) in [6.45, 7) is 9.55. The van der Waals surface area contributed by atoms with Crippen LogP contribution in [0, 0.1) is 5.92 Å². The van der Waals surface area contributed by atoms with E-state index in [-0.39, 0.29) is 5.91 Å². The fraction of sp³-hybridized carbons (Fsp3) is 0.933. The summed E-state index contributed by atoms with van der Waals surface area (Å²) in [5.74, 6) is 0.127. The number of carbonyl (C=O) groups is 1. The highest BCUT2D eigenvalue weighted by Gasteiger charge is 2.43. The van der Waals surface area contributed by atoms with Crippen LogP contribution in [0.1, 0.15) is 47.0 Å². The van der Waals surface area contributed by atoms with Crippen LogP contribution in [0.2, 0.25) is 0 Å². The second kappa shape index (κ2) is 7.09. The molecule has 1 rings (SSSR count). The molecule has 0 radical (unpaired) electrons. The van der Waals surface area contributed by atoms with Gasteiger partial charge in [0, 0.05) is 25.4 Å². The zero-order valence-electron chi connectivity index (χ0n) is 14.0. The van der Waals surface area contributed by atoms with E-state index >= 15 is 0 Å². The maximum Gasteiger partial charge on any atom is 0.243 e. The van der Waals surface area contributed by atoms with Gasteiger partial charge in [0.1, 0.15) is 4.75 Å². The quantitative estimate of drug-likeness (QED) is 0.805. The second-order valence-electron chi connectivity index (χ2n) is 6.55.